The zero-order valence-electron chi connectivity index (χ0n) is 7.65. The molecule has 4 heteroatoms. The average Bonchev–Trinajstić information content (AvgIpc) is 2.16. The van der Waals surface area contributed by atoms with Crippen molar-refractivity contribution in [2.24, 2.45) is 0 Å². The van der Waals surface area contributed by atoms with Crippen LogP contribution in [-0.4, -0.2) is 6.54 Å². The minimum absolute atomic E-state index is 0.342. The fourth-order valence-electron chi connectivity index (χ4n) is 0.906. The van der Waals surface area contributed by atoms with Gasteiger partial charge in [-0.3, -0.25) is 0 Å². The molecule has 0 unspecified atom stereocenters. The topological polar surface area (TPSA) is 12.0 Å². The van der Waals surface area contributed by atoms with Gasteiger partial charge in [0.2, 0.25) is 0 Å². The highest BCUT2D eigenvalue weighted by molar-refractivity contribution is 6.33. The summed E-state index contributed by atoms with van der Waals surface area (Å²) in [6, 6.07) is 4.22. The van der Waals surface area contributed by atoms with Gasteiger partial charge in [0.05, 0.1) is 10.7 Å². The van der Waals surface area contributed by atoms with Crippen LogP contribution in [0.3, 0.4) is 0 Å². The van der Waals surface area contributed by atoms with Crippen molar-refractivity contribution in [3.8, 4) is 0 Å². The van der Waals surface area contributed by atoms with Gasteiger partial charge in [0.25, 0.3) is 0 Å². The third-order valence-electron chi connectivity index (χ3n) is 1.68. The Morgan fingerprint density at radius 2 is 2.29 bits per heavy atom. The zero-order chi connectivity index (χ0) is 10.6. The van der Waals surface area contributed by atoms with Gasteiger partial charge >= 0.3 is 0 Å². The van der Waals surface area contributed by atoms with E-state index >= 15 is 0 Å². The zero-order valence-corrected chi connectivity index (χ0v) is 9.16. The number of anilines is 1. The Morgan fingerprint density at radius 3 is 2.86 bits per heavy atom. The number of halogens is 3. The highest BCUT2D eigenvalue weighted by Crippen LogP contribution is 2.22. The molecule has 1 rings (SSSR count). The van der Waals surface area contributed by atoms with Crippen LogP contribution >= 0.6 is 23.2 Å². The van der Waals surface area contributed by atoms with Crippen molar-refractivity contribution < 1.29 is 4.39 Å². The minimum Gasteiger partial charge on any atom is -0.380 e. The van der Waals surface area contributed by atoms with Crippen LogP contribution in [0, 0.1) is 5.82 Å². The molecule has 1 aromatic rings. The molecule has 0 fully saturated rings. The molecule has 0 spiro atoms. The molecule has 0 saturated heterocycles. The predicted molar refractivity (Wildman–Crippen MR) is 59.5 cm³/mol. The van der Waals surface area contributed by atoms with E-state index in [0.717, 1.165) is 5.57 Å². The van der Waals surface area contributed by atoms with Gasteiger partial charge in [-0.1, -0.05) is 23.2 Å². The normalized spacial score (nSPS) is 11.6. The maximum atomic E-state index is 12.7. The van der Waals surface area contributed by atoms with E-state index in [1.165, 1.54) is 17.7 Å². The number of nitrogens with one attached hydrogen (secondary N) is 1. The second-order valence-corrected chi connectivity index (χ2v) is 3.56. The van der Waals surface area contributed by atoms with Gasteiger partial charge in [-0.15, -0.1) is 0 Å². The average molecular weight is 234 g/mol. The predicted octanol–water partition coefficient (Wildman–Crippen LogP) is 4.03. The number of hydrogen-bond acceptors (Lipinski definition) is 1. The van der Waals surface area contributed by atoms with Crippen LogP contribution in [0.1, 0.15) is 6.92 Å². The molecule has 0 aliphatic carbocycles. The monoisotopic (exact) mass is 233 g/mol. The molecule has 0 saturated carbocycles. The molecule has 0 aromatic heterocycles. The standard InChI is InChI=1S/C10H10Cl2FN/c1-7(5-11)6-14-10-3-2-8(13)4-9(10)12/h2-5,14H,6H2,1H3/b7-5-. The summed E-state index contributed by atoms with van der Waals surface area (Å²) in [5.41, 5.74) is 3.17. The SMILES string of the molecule is C/C(=C/Cl)CNc1ccc(F)cc1Cl. The number of rotatable bonds is 3. The van der Waals surface area contributed by atoms with E-state index in [1.807, 2.05) is 6.92 Å². The van der Waals surface area contributed by atoms with Gasteiger partial charge in [0.15, 0.2) is 0 Å². The quantitative estimate of drug-likeness (QED) is 0.832. The summed E-state index contributed by atoms with van der Waals surface area (Å²) < 4.78 is 12.7. The first-order valence-electron chi connectivity index (χ1n) is 4.08. The summed E-state index contributed by atoms with van der Waals surface area (Å²) in [6.07, 6.45) is 0. The van der Waals surface area contributed by atoms with Gasteiger partial charge in [-0.2, -0.15) is 0 Å². The van der Waals surface area contributed by atoms with E-state index in [4.69, 9.17) is 23.2 Å². The van der Waals surface area contributed by atoms with Gasteiger partial charge in [0, 0.05) is 12.1 Å². The molecule has 0 heterocycles. The molecule has 14 heavy (non-hydrogen) atoms. The fourth-order valence-corrected chi connectivity index (χ4v) is 1.22. The number of benzene rings is 1. The maximum Gasteiger partial charge on any atom is 0.124 e. The van der Waals surface area contributed by atoms with E-state index in [9.17, 15) is 4.39 Å². The van der Waals surface area contributed by atoms with Crippen molar-refractivity contribution in [2.45, 2.75) is 6.92 Å². The molecule has 1 N–H and O–H groups in total. The van der Waals surface area contributed by atoms with Crippen molar-refractivity contribution >= 4 is 28.9 Å². The van der Waals surface area contributed by atoms with Crippen LogP contribution in [0.2, 0.25) is 5.02 Å². The third kappa shape index (κ3) is 3.20. The summed E-state index contributed by atoms with van der Waals surface area (Å²) in [4.78, 5) is 0. The summed E-state index contributed by atoms with van der Waals surface area (Å²) in [6.45, 7) is 2.48. The van der Waals surface area contributed by atoms with Crippen LogP contribution in [0.5, 0.6) is 0 Å². The van der Waals surface area contributed by atoms with E-state index in [2.05, 4.69) is 5.32 Å². The highest BCUT2D eigenvalue weighted by Gasteiger charge is 2.00. The lowest BCUT2D eigenvalue weighted by molar-refractivity contribution is 0.628. The smallest absolute Gasteiger partial charge is 0.124 e. The number of hydrogen-bond donors (Lipinski definition) is 1. The molecule has 1 nitrogen and oxygen atoms in total. The molecule has 0 amide bonds. The Hall–Kier alpha value is -0.730. The summed E-state index contributed by atoms with van der Waals surface area (Å²) in [5.74, 6) is -0.342. The molecule has 0 aliphatic rings. The lowest BCUT2D eigenvalue weighted by Gasteiger charge is -2.07. The second kappa shape index (κ2) is 5.23. The van der Waals surface area contributed by atoms with Gasteiger partial charge in [0.1, 0.15) is 5.82 Å². The van der Waals surface area contributed by atoms with Crippen molar-refractivity contribution in [3.63, 3.8) is 0 Å². The maximum absolute atomic E-state index is 12.7. The molecule has 0 atom stereocenters. The van der Waals surface area contributed by atoms with Gasteiger partial charge in [-0.05, 0) is 30.7 Å². The largest absolute Gasteiger partial charge is 0.380 e. The van der Waals surface area contributed by atoms with Crippen molar-refractivity contribution in [1.82, 2.24) is 0 Å². The van der Waals surface area contributed by atoms with Crippen LogP contribution < -0.4 is 5.32 Å². The third-order valence-corrected chi connectivity index (χ3v) is 2.36. The van der Waals surface area contributed by atoms with Crippen LogP contribution in [0.25, 0.3) is 0 Å². The molecule has 0 bridgehead atoms. The molecular weight excluding hydrogens is 224 g/mol. The molecular formula is C10H10Cl2FN. The molecule has 0 aliphatic heterocycles. The lowest BCUT2D eigenvalue weighted by Crippen LogP contribution is -2.02. The van der Waals surface area contributed by atoms with Gasteiger partial charge in [-0.25, -0.2) is 4.39 Å². The van der Waals surface area contributed by atoms with Crippen molar-refractivity contribution in [3.05, 3.63) is 40.1 Å². The van der Waals surface area contributed by atoms with Crippen molar-refractivity contribution in [2.75, 3.05) is 11.9 Å². The minimum atomic E-state index is -0.342. The van der Waals surface area contributed by atoms with Gasteiger partial charge < -0.3 is 5.32 Å². The Balaban J connectivity index is 2.68. The molecule has 0 radical (unpaired) electrons. The highest BCUT2D eigenvalue weighted by atomic mass is 35.5. The Morgan fingerprint density at radius 1 is 1.57 bits per heavy atom. The first-order valence-corrected chi connectivity index (χ1v) is 4.89. The Kier molecular flexibility index (Phi) is 4.23. The summed E-state index contributed by atoms with van der Waals surface area (Å²) in [5, 5.41) is 3.41. The fraction of sp³-hybridized carbons (Fsp3) is 0.200. The van der Waals surface area contributed by atoms with E-state index in [-0.39, 0.29) is 5.82 Å². The first kappa shape index (κ1) is 11.3. The summed E-state index contributed by atoms with van der Waals surface area (Å²) in [7, 11) is 0. The van der Waals surface area contributed by atoms with Crippen LogP contribution in [0.15, 0.2) is 29.3 Å². The molecule has 1 aromatic carbocycles. The molecule has 76 valence electrons. The Bertz CT molecular complexity index is 350. The van der Waals surface area contributed by atoms with E-state index < -0.39 is 0 Å². The van der Waals surface area contributed by atoms with Crippen LogP contribution in [0.4, 0.5) is 10.1 Å². The summed E-state index contributed by atoms with van der Waals surface area (Å²) >= 11 is 11.3. The van der Waals surface area contributed by atoms with Crippen molar-refractivity contribution in [1.29, 1.82) is 0 Å². The Labute approximate surface area is 92.5 Å². The van der Waals surface area contributed by atoms with Crippen LogP contribution in [-0.2, 0) is 0 Å². The second-order valence-electron chi connectivity index (χ2n) is 2.93. The van der Waals surface area contributed by atoms with E-state index in [1.54, 1.807) is 6.07 Å². The lowest BCUT2D eigenvalue weighted by atomic mass is 10.3. The van der Waals surface area contributed by atoms with E-state index in [0.29, 0.717) is 17.3 Å². The first-order chi connectivity index (χ1) is 6.63.